The van der Waals surface area contributed by atoms with Crippen LogP contribution in [0.15, 0.2) is 91.0 Å². The highest BCUT2D eigenvalue weighted by atomic mass is 16.6. The van der Waals surface area contributed by atoms with E-state index in [2.05, 4.69) is 21.1 Å². The summed E-state index contributed by atoms with van der Waals surface area (Å²) in [4.78, 5) is 0. The van der Waals surface area contributed by atoms with Crippen molar-refractivity contribution < 1.29 is 24.3 Å². The second-order valence-electron chi connectivity index (χ2n) is 7.92. The number of hydrogen-bond acceptors (Lipinski definition) is 4. The first-order chi connectivity index (χ1) is 14.3. The largest absolute Gasteiger partial charge is 0.871 e. The second kappa shape index (κ2) is 11.1. The Morgan fingerprint density at radius 1 is 0.733 bits per heavy atom. The standard InChI is InChI=1S/C19H15BO3.C5H14NO/c21-20(22)23-19(16-10-4-1-5-11-16,17-12-6-2-7-13-17)18-14-8-3-9-15-18;1-6(2,3)4-5-7/h1-15H;7H,4-5H2,1-3H3/q-2;+1. The molecule has 0 saturated carbocycles. The molecule has 0 amide bonds. The van der Waals surface area contributed by atoms with Crippen molar-refractivity contribution in [3.05, 3.63) is 108 Å². The Morgan fingerprint density at radius 3 is 1.27 bits per heavy atom. The summed E-state index contributed by atoms with van der Waals surface area (Å²) in [6.07, 6.45) is 0. The van der Waals surface area contributed by atoms with E-state index in [-0.39, 0.29) is 6.61 Å². The second-order valence-corrected chi connectivity index (χ2v) is 7.92. The molecule has 0 aliphatic rings. The lowest BCUT2D eigenvalue weighted by Crippen LogP contribution is -2.54. The predicted molar refractivity (Wildman–Crippen MR) is 116 cm³/mol. The lowest BCUT2D eigenvalue weighted by molar-refractivity contribution is -0.870. The molecular weight excluding hydrogens is 377 g/mol. The maximum absolute atomic E-state index is 11.5. The Balaban J connectivity index is 0.000000396. The van der Waals surface area contributed by atoms with Gasteiger partial charge < -0.3 is 24.3 Å². The number of likely N-dealkylation sites (N-methyl/N-ethyl adjacent to an activating group) is 1. The minimum atomic E-state index is -2.41. The van der Waals surface area contributed by atoms with Gasteiger partial charge >= 0.3 is 0 Å². The fourth-order valence-corrected chi connectivity index (χ4v) is 3.17. The van der Waals surface area contributed by atoms with E-state index < -0.39 is 12.9 Å². The highest BCUT2D eigenvalue weighted by Crippen LogP contribution is 2.40. The first-order valence-corrected chi connectivity index (χ1v) is 9.87. The molecule has 0 fully saturated rings. The van der Waals surface area contributed by atoms with Crippen LogP contribution < -0.4 is 10.0 Å². The summed E-state index contributed by atoms with van der Waals surface area (Å²) in [5.41, 5.74) is 1.01. The molecule has 3 aromatic rings. The number of benzene rings is 3. The van der Waals surface area contributed by atoms with Gasteiger partial charge in [0.05, 0.1) is 35.1 Å². The predicted octanol–water partition coefficient (Wildman–Crippen LogP) is 1.39. The Labute approximate surface area is 179 Å². The molecule has 3 rings (SSSR count). The van der Waals surface area contributed by atoms with Gasteiger partial charge in [-0.1, -0.05) is 91.0 Å². The molecule has 1 N–H and O–H groups in total. The van der Waals surface area contributed by atoms with E-state index in [1.54, 1.807) is 0 Å². The van der Waals surface area contributed by atoms with E-state index in [4.69, 9.17) is 9.76 Å². The maximum Gasteiger partial charge on any atom is 0.126 e. The molecule has 158 valence electrons. The van der Waals surface area contributed by atoms with Crippen LogP contribution in [0.5, 0.6) is 0 Å². The van der Waals surface area contributed by atoms with Crippen LogP contribution in [0.25, 0.3) is 0 Å². The van der Waals surface area contributed by atoms with Crippen LogP contribution in [0.4, 0.5) is 0 Å². The van der Waals surface area contributed by atoms with Crippen molar-refractivity contribution in [3.63, 3.8) is 0 Å². The molecule has 0 aliphatic heterocycles. The van der Waals surface area contributed by atoms with Crippen LogP contribution in [0.3, 0.4) is 0 Å². The third-order valence-corrected chi connectivity index (χ3v) is 4.58. The number of quaternary nitrogens is 1. The van der Waals surface area contributed by atoms with Crippen molar-refractivity contribution in [2.45, 2.75) is 5.60 Å². The SMILES string of the molecule is C[N+](C)(C)CCO.[O-]B([O-])OC(c1ccccc1)(c1ccccc1)c1ccccc1. The van der Waals surface area contributed by atoms with Gasteiger partial charge in [0.25, 0.3) is 0 Å². The fourth-order valence-electron chi connectivity index (χ4n) is 3.17. The zero-order chi connectivity index (χ0) is 22.0. The van der Waals surface area contributed by atoms with Crippen molar-refractivity contribution in [3.8, 4) is 0 Å². The monoisotopic (exact) mass is 406 g/mol. The molecule has 6 heteroatoms. The number of nitrogens with zero attached hydrogens (tertiary/aromatic N) is 1. The molecule has 30 heavy (non-hydrogen) atoms. The van der Waals surface area contributed by atoms with Gasteiger partial charge in [0.1, 0.15) is 12.1 Å². The molecule has 0 bridgehead atoms. The van der Waals surface area contributed by atoms with E-state index in [1.165, 1.54) is 0 Å². The minimum Gasteiger partial charge on any atom is -0.871 e. The molecular formula is C24H29BNO4-. The van der Waals surface area contributed by atoms with Gasteiger partial charge in [0, 0.05) is 0 Å². The molecule has 0 heterocycles. The molecule has 3 aromatic carbocycles. The van der Waals surface area contributed by atoms with Gasteiger partial charge in [-0.05, 0) is 16.7 Å². The van der Waals surface area contributed by atoms with Crippen molar-refractivity contribution in [1.29, 1.82) is 0 Å². The third kappa shape index (κ3) is 6.52. The average Bonchev–Trinajstić information content (AvgIpc) is 2.73. The summed E-state index contributed by atoms with van der Waals surface area (Å²) in [6, 6.07) is 28.0. The highest BCUT2D eigenvalue weighted by Gasteiger charge is 2.35. The van der Waals surface area contributed by atoms with Crippen LogP contribution in [0.1, 0.15) is 16.7 Å². The fraction of sp³-hybridized carbons (Fsp3) is 0.250. The normalized spacial score (nSPS) is 11.4. The van der Waals surface area contributed by atoms with E-state index in [0.717, 1.165) is 27.7 Å². The van der Waals surface area contributed by atoms with E-state index in [1.807, 2.05) is 91.0 Å². The van der Waals surface area contributed by atoms with Gasteiger partial charge in [-0.15, -0.1) is 0 Å². The van der Waals surface area contributed by atoms with Crippen LogP contribution in [-0.2, 0) is 10.3 Å². The van der Waals surface area contributed by atoms with Crippen LogP contribution in [-0.4, -0.2) is 51.2 Å². The first kappa shape index (κ1) is 23.8. The summed E-state index contributed by atoms with van der Waals surface area (Å²) in [7, 11) is 3.75. The summed E-state index contributed by atoms with van der Waals surface area (Å²) in [5.74, 6) is 0. The molecule has 5 nitrogen and oxygen atoms in total. The highest BCUT2D eigenvalue weighted by molar-refractivity contribution is 6.28. The smallest absolute Gasteiger partial charge is 0.126 e. The van der Waals surface area contributed by atoms with Gasteiger partial charge in [0.2, 0.25) is 0 Å². The summed E-state index contributed by atoms with van der Waals surface area (Å²) in [6.45, 7) is 1.11. The van der Waals surface area contributed by atoms with E-state index in [9.17, 15) is 10.0 Å². The minimum absolute atomic E-state index is 0.281. The number of hydrogen-bond donors (Lipinski definition) is 1. The van der Waals surface area contributed by atoms with Crippen LogP contribution in [0, 0.1) is 0 Å². The first-order valence-electron chi connectivity index (χ1n) is 9.87. The quantitative estimate of drug-likeness (QED) is 0.366. The Morgan fingerprint density at radius 2 is 1.07 bits per heavy atom. The van der Waals surface area contributed by atoms with Crippen LogP contribution in [0.2, 0.25) is 0 Å². The molecule has 0 radical (unpaired) electrons. The Hall–Kier alpha value is -2.48. The average molecular weight is 406 g/mol. The lowest BCUT2D eigenvalue weighted by Gasteiger charge is -2.44. The molecule has 0 spiro atoms. The Bertz CT molecular complexity index is 756. The van der Waals surface area contributed by atoms with Crippen LogP contribution >= 0.6 is 0 Å². The van der Waals surface area contributed by atoms with E-state index in [0.29, 0.717) is 0 Å². The number of aliphatic hydroxyl groups excluding tert-OH is 1. The van der Waals surface area contributed by atoms with E-state index >= 15 is 0 Å². The summed E-state index contributed by atoms with van der Waals surface area (Å²) in [5, 5.41) is 31.4. The summed E-state index contributed by atoms with van der Waals surface area (Å²) < 4.78 is 6.33. The zero-order valence-corrected chi connectivity index (χ0v) is 17.8. The Kier molecular flexibility index (Phi) is 8.78. The van der Waals surface area contributed by atoms with Gasteiger partial charge in [0.15, 0.2) is 0 Å². The molecule has 0 aliphatic carbocycles. The molecule has 0 saturated heterocycles. The topological polar surface area (TPSA) is 75.6 Å². The van der Waals surface area contributed by atoms with Gasteiger partial charge in [-0.2, -0.15) is 0 Å². The maximum atomic E-state index is 11.5. The van der Waals surface area contributed by atoms with Crippen molar-refractivity contribution in [1.82, 2.24) is 0 Å². The third-order valence-electron chi connectivity index (χ3n) is 4.58. The van der Waals surface area contributed by atoms with Crippen molar-refractivity contribution >= 4 is 7.32 Å². The molecule has 0 atom stereocenters. The van der Waals surface area contributed by atoms with Gasteiger partial charge in [-0.3, -0.25) is 0 Å². The summed E-state index contributed by atoms with van der Waals surface area (Å²) >= 11 is 0. The number of rotatable bonds is 7. The lowest BCUT2D eigenvalue weighted by atomic mass is 9.79. The zero-order valence-electron chi connectivity index (χ0n) is 17.8. The van der Waals surface area contributed by atoms with Crippen molar-refractivity contribution in [2.24, 2.45) is 0 Å². The van der Waals surface area contributed by atoms with Crippen molar-refractivity contribution in [2.75, 3.05) is 34.3 Å². The number of aliphatic hydroxyl groups is 1. The van der Waals surface area contributed by atoms with Gasteiger partial charge in [-0.25, -0.2) is 0 Å². The molecule has 0 aromatic heterocycles. The molecule has 0 unspecified atom stereocenters.